The van der Waals surface area contributed by atoms with Crippen LogP contribution in [0.25, 0.3) is 0 Å². The molecule has 4 nitrogen and oxygen atoms in total. The predicted octanol–water partition coefficient (Wildman–Crippen LogP) is 3.10. The van der Waals surface area contributed by atoms with Gasteiger partial charge in [-0.05, 0) is 43.1 Å². The van der Waals surface area contributed by atoms with Crippen molar-refractivity contribution >= 4 is 22.9 Å². The van der Waals surface area contributed by atoms with Crippen molar-refractivity contribution in [2.24, 2.45) is 0 Å². The van der Waals surface area contributed by atoms with E-state index in [4.69, 9.17) is 4.74 Å². The number of rotatable bonds is 3. The molecule has 116 valence electrons. The van der Waals surface area contributed by atoms with Gasteiger partial charge in [0.05, 0.1) is 12.8 Å². The van der Waals surface area contributed by atoms with Crippen LogP contribution in [0, 0.1) is 12.7 Å². The van der Waals surface area contributed by atoms with Crippen LogP contribution in [0.1, 0.15) is 25.7 Å². The molecule has 0 atom stereocenters. The summed E-state index contributed by atoms with van der Waals surface area (Å²) in [5.41, 5.74) is 1.86. The molecule has 0 fully saturated rings. The summed E-state index contributed by atoms with van der Waals surface area (Å²) in [5, 5.41) is 5.86. The average Bonchev–Trinajstić information content (AvgIpc) is 2.91. The van der Waals surface area contributed by atoms with Gasteiger partial charge < -0.3 is 15.4 Å². The van der Waals surface area contributed by atoms with E-state index in [0.717, 1.165) is 17.0 Å². The molecule has 1 aromatic heterocycles. The molecule has 0 saturated carbocycles. The Morgan fingerprint density at radius 3 is 3.05 bits per heavy atom. The first kappa shape index (κ1) is 15.0. The van der Waals surface area contributed by atoms with Crippen molar-refractivity contribution in [3.8, 4) is 5.75 Å². The lowest BCUT2D eigenvalue weighted by Crippen LogP contribution is -2.25. The van der Waals surface area contributed by atoms with E-state index in [1.165, 1.54) is 18.4 Å². The molecule has 22 heavy (non-hydrogen) atoms. The van der Waals surface area contributed by atoms with Crippen LogP contribution in [0.4, 0.5) is 10.1 Å². The van der Waals surface area contributed by atoms with Crippen molar-refractivity contribution in [3.63, 3.8) is 0 Å². The van der Waals surface area contributed by atoms with Crippen LogP contribution in [0.3, 0.4) is 0 Å². The lowest BCUT2D eigenvalue weighted by Gasteiger charge is -2.19. The zero-order valence-corrected chi connectivity index (χ0v) is 13.3. The second kappa shape index (κ2) is 6.06. The molecule has 3 rings (SSSR count). The van der Waals surface area contributed by atoms with Gasteiger partial charge in [-0.2, -0.15) is 0 Å². The van der Waals surface area contributed by atoms with Crippen molar-refractivity contribution in [1.29, 1.82) is 0 Å². The molecule has 1 aliphatic rings. The van der Waals surface area contributed by atoms with Gasteiger partial charge in [0, 0.05) is 11.4 Å². The number of aryl methyl sites for hydroxylation is 1. The minimum absolute atomic E-state index is 0.221. The highest BCUT2D eigenvalue weighted by Crippen LogP contribution is 2.30. The number of carbonyl (C=O) groups excluding carboxylic acids is 1. The van der Waals surface area contributed by atoms with E-state index in [2.05, 4.69) is 10.6 Å². The smallest absolute Gasteiger partial charge is 0.269 e. The summed E-state index contributed by atoms with van der Waals surface area (Å²) in [5.74, 6) is -0.162. The minimum atomic E-state index is -0.345. The molecule has 1 aromatic carbocycles. The Morgan fingerprint density at radius 2 is 2.27 bits per heavy atom. The van der Waals surface area contributed by atoms with Crippen LogP contribution in [0.2, 0.25) is 0 Å². The Labute approximate surface area is 132 Å². The zero-order valence-electron chi connectivity index (χ0n) is 12.5. The van der Waals surface area contributed by atoms with Crippen molar-refractivity contribution in [2.45, 2.75) is 19.9 Å². The number of benzene rings is 1. The van der Waals surface area contributed by atoms with Gasteiger partial charge in [0.1, 0.15) is 16.4 Å². The van der Waals surface area contributed by atoms with E-state index in [9.17, 15) is 9.18 Å². The molecule has 0 aliphatic carbocycles. The van der Waals surface area contributed by atoms with Crippen LogP contribution in [0.5, 0.6) is 5.75 Å². The summed E-state index contributed by atoms with van der Waals surface area (Å²) in [4.78, 5) is 13.8. The average molecular weight is 320 g/mol. The first-order chi connectivity index (χ1) is 10.6. The van der Waals surface area contributed by atoms with Crippen LogP contribution in [0.15, 0.2) is 18.2 Å². The Morgan fingerprint density at radius 1 is 1.45 bits per heavy atom. The normalized spacial score (nSPS) is 13.6. The molecule has 2 heterocycles. The van der Waals surface area contributed by atoms with Crippen molar-refractivity contribution < 1.29 is 13.9 Å². The quantitative estimate of drug-likeness (QED) is 0.914. The van der Waals surface area contributed by atoms with Crippen molar-refractivity contribution in [1.82, 2.24) is 5.32 Å². The fourth-order valence-electron chi connectivity index (χ4n) is 2.61. The molecule has 1 aliphatic heterocycles. The van der Waals surface area contributed by atoms with E-state index in [1.54, 1.807) is 12.1 Å². The first-order valence-corrected chi connectivity index (χ1v) is 7.88. The number of nitrogens with one attached hydrogen (secondary N) is 2. The van der Waals surface area contributed by atoms with Gasteiger partial charge in [0.15, 0.2) is 0 Å². The molecule has 2 aromatic rings. The fraction of sp³-hybridized carbons (Fsp3) is 0.312. The maximum Gasteiger partial charge on any atom is 0.269 e. The van der Waals surface area contributed by atoms with Crippen LogP contribution < -0.4 is 15.4 Å². The number of fused-ring (bicyclic) bond motifs is 1. The summed E-state index contributed by atoms with van der Waals surface area (Å²) in [6.07, 6.45) is 0.631. The number of hydrogen-bond acceptors (Lipinski definition) is 4. The van der Waals surface area contributed by atoms with Gasteiger partial charge >= 0.3 is 0 Å². The number of ether oxygens (including phenoxy) is 1. The molecular formula is C16H17FN2O2S. The standard InChI is InChI=1S/C16H17FN2O2S/c1-9-7-13(21-2)15(22-9)16(20)19-12-4-3-10-8-18-6-5-11(10)14(12)17/h3-4,7,18H,5-6,8H2,1-2H3,(H,19,20). The summed E-state index contributed by atoms with van der Waals surface area (Å²) >= 11 is 1.33. The monoisotopic (exact) mass is 320 g/mol. The molecule has 0 saturated heterocycles. The maximum atomic E-state index is 14.5. The second-order valence-corrected chi connectivity index (χ2v) is 6.46. The summed E-state index contributed by atoms with van der Waals surface area (Å²) in [6, 6.07) is 5.28. The van der Waals surface area contributed by atoms with Crippen LogP contribution in [-0.2, 0) is 13.0 Å². The summed E-state index contributed by atoms with van der Waals surface area (Å²) in [6.45, 7) is 3.31. The molecule has 0 radical (unpaired) electrons. The lowest BCUT2D eigenvalue weighted by molar-refractivity contribution is 0.102. The van der Waals surface area contributed by atoms with E-state index in [0.29, 0.717) is 29.2 Å². The Balaban J connectivity index is 1.88. The molecular weight excluding hydrogens is 303 g/mol. The SMILES string of the molecule is COc1cc(C)sc1C(=O)Nc1ccc2c(c1F)CCNC2. The van der Waals surface area contributed by atoms with E-state index in [-0.39, 0.29) is 17.4 Å². The van der Waals surface area contributed by atoms with E-state index < -0.39 is 0 Å². The zero-order chi connectivity index (χ0) is 15.7. The third-order valence-corrected chi connectivity index (χ3v) is 4.73. The number of hydrogen-bond donors (Lipinski definition) is 2. The first-order valence-electron chi connectivity index (χ1n) is 7.07. The molecule has 1 amide bonds. The van der Waals surface area contributed by atoms with Crippen LogP contribution in [-0.4, -0.2) is 19.6 Å². The lowest BCUT2D eigenvalue weighted by atomic mass is 9.99. The molecule has 0 spiro atoms. The molecule has 6 heteroatoms. The van der Waals surface area contributed by atoms with Crippen LogP contribution >= 0.6 is 11.3 Å². The van der Waals surface area contributed by atoms with Gasteiger partial charge in [-0.25, -0.2) is 4.39 Å². The number of carbonyl (C=O) groups is 1. The van der Waals surface area contributed by atoms with Crippen molar-refractivity contribution in [3.05, 3.63) is 44.9 Å². The number of halogens is 1. The van der Waals surface area contributed by atoms with Gasteiger partial charge in [-0.1, -0.05) is 6.07 Å². The fourth-order valence-corrected chi connectivity index (χ4v) is 3.48. The highest BCUT2D eigenvalue weighted by molar-refractivity contribution is 7.14. The van der Waals surface area contributed by atoms with Gasteiger partial charge in [-0.15, -0.1) is 11.3 Å². The second-order valence-electron chi connectivity index (χ2n) is 5.20. The maximum absolute atomic E-state index is 14.5. The summed E-state index contributed by atoms with van der Waals surface area (Å²) < 4.78 is 19.7. The number of thiophene rings is 1. The Hall–Kier alpha value is -1.92. The third-order valence-electron chi connectivity index (χ3n) is 3.70. The summed E-state index contributed by atoms with van der Waals surface area (Å²) in [7, 11) is 1.52. The highest BCUT2D eigenvalue weighted by atomic mass is 32.1. The minimum Gasteiger partial charge on any atom is -0.495 e. The number of anilines is 1. The predicted molar refractivity (Wildman–Crippen MR) is 85.4 cm³/mol. The molecule has 0 bridgehead atoms. The Bertz CT molecular complexity index is 727. The Kier molecular flexibility index (Phi) is 4.13. The van der Waals surface area contributed by atoms with E-state index in [1.807, 2.05) is 13.0 Å². The molecule has 2 N–H and O–H groups in total. The van der Waals surface area contributed by atoms with E-state index >= 15 is 0 Å². The molecule has 0 unspecified atom stereocenters. The number of methoxy groups -OCH3 is 1. The number of amides is 1. The van der Waals surface area contributed by atoms with Crippen molar-refractivity contribution in [2.75, 3.05) is 19.0 Å². The largest absolute Gasteiger partial charge is 0.495 e. The van der Waals surface area contributed by atoms with Gasteiger partial charge in [-0.3, -0.25) is 4.79 Å². The van der Waals surface area contributed by atoms with Gasteiger partial charge in [0.2, 0.25) is 0 Å². The highest BCUT2D eigenvalue weighted by Gasteiger charge is 2.20. The third kappa shape index (κ3) is 2.71. The topological polar surface area (TPSA) is 50.4 Å². The van der Waals surface area contributed by atoms with Gasteiger partial charge in [0.25, 0.3) is 5.91 Å².